The van der Waals surface area contributed by atoms with Crippen LogP contribution in [0.5, 0.6) is 0 Å². The Balaban J connectivity index is 1.43. The van der Waals surface area contributed by atoms with Gasteiger partial charge in [-0.25, -0.2) is 14.8 Å². The van der Waals surface area contributed by atoms with Crippen LogP contribution < -0.4 is 5.32 Å². The van der Waals surface area contributed by atoms with Crippen LogP contribution in [0.1, 0.15) is 18.4 Å². The lowest BCUT2D eigenvalue weighted by Gasteiger charge is -2.38. The van der Waals surface area contributed by atoms with Crippen molar-refractivity contribution in [3.05, 3.63) is 42.4 Å². The molecule has 0 aliphatic carbocycles. The highest BCUT2D eigenvalue weighted by Gasteiger charge is 2.43. The number of hydrogen-bond donors (Lipinski definition) is 1. The summed E-state index contributed by atoms with van der Waals surface area (Å²) in [6.45, 7) is 3.08. The molecule has 2 fully saturated rings. The summed E-state index contributed by atoms with van der Waals surface area (Å²) in [4.78, 5) is 26.8. The number of alkyl carbamates (subject to hydrolysis) is 1. The van der Waals surface area contributed by atoms with Crippen LogP contribution >= 0.6 is 0 Å². The number of amides is 1. The summed E-state index contributed by atoms with van der Waals surface area (Å²) < 4.78 is 5.50. The third-order valence-electron chi connectivity index (χ3n) is 4.49. The molecule has 4 heterocycles. The van der Waals surface area contributed by atoms with Crippen LogP contribution in [0.4, 0.5) is 4.79 Å². The second-order valence-corrected chi connectivity index (χ2v) is 6.37. The van der Waals surface area contributed by atoms with Gasteiger partial charge in [-0.05, 0) is 31.5 Å². The van der Waals surface area contributed by atoms with Crippen molar-refractivity contribution in [2.75, 3.05) is 19.6 Å². The maximum Gasteiger partial charge on any atom is 0.407 e. The summed E-state index contributed by atoms with van der Waals surface area (Å²) in [5.74, 6) is 0.628. The van der Waals surface area contributed by atoms with Crippen molar-refractivity contribution in [2.45, 2.75) is 25.0 Å². The molecule has 1 amide bonds. The van der Waals surface area contributed by atoms with E-state index in [9.17, 15) is 4.79 Å². The molecule has 4 rings (SSSR count). The van der Waals surface area contributed by atoms with E-state index >= 15 is 0 Å². The molecule has 1 spiro atoms. The highest BCUT2D eigenvalue weighted by molar-refractivity contribution is 5.70. The number of ether oxygens (including phenoxy) is 1. The molecule has 0 saturated carbocycles. The summed E-state index contributed by atoms with van der Waals surface area (Å²) in [7, 11) is 0. The summed E-state index contributed by atoms with van der Waals surface area (Å²) in [6, 6.07) is 5.68. The third-order valence-corrected chi connectivity index (χ3v) is 4.49. The monoisotopic (exact) mass is 325 g/mol. The fourth-order valence-electron chi connectivity index (χ4n) is 3.38. The van der Waals surface area contributed by atoms with E-state index in [4.69, 9.17) is 4.74 Å². The molecule has 24 heavy (non-hydrogen) atoms. The second kappa shape index (κ2) is 6.16. The summed E-state index contributed by atoms with van der Waals surface area (Å²) in [5, 5.41) is 2.77. The number of pyridine rings is 1. The Morgan fingerprint density at radius 2 is 2.12 bits per heavy atom. The highest BCUT2D eigenvalue weighted by atomic mass is 16.6. The molecule has 0 bridgehead atoms. The van der Waals surface area contributed by atoms with Gasteiger partial charge in [-0.3, -0.25) is 9.88 Å². The molecule has 2 aliphatic rings. The maximum absolute atomic E-state index is 11.4. The fraction of sp³-hybridized carbons (Fsp3) is 0.412. The third kappa shape index (κ3) is 3.07. The van der Waals surface area contributed by atoms with Crippen LogP contribution in [0.15, 0.2) is 36.8 Å². The smallest absolute Gasteiger partial charge is 0.407 e. The first kappa shape index (κ1) is 15.0. The molecule has 0 radical (unpaired) electrons. The average molecular weight is 325 g/mol. The van der Waals surface area contributed by atoms with Crippen molar-refractivity contribution in [3.63, 3.8) is 0 Å². The van der Waals surface area contributed by atoms with Gasteiger partial charge in [0.1, 0.15) is 11.3 Å². The van der Waals surface area contributed by atoms with E-state index < -0.39 is 0 Å². The Kier molecular flexibility index (Phi) is 3.86. The minimum absolute atomic E-state index is 0.306. The Hall–Kier alpha value is -2.54. The zero-order valence-electron chi connectivity index (χ0n) is 13.3. The number of hydrogen-bond acceptors (Lipinski definition) is 6. The first-order valence-electron chi connectivity index (χ1n) is 8.14. The van der Waals surface area contributed by atoms with E-state index in [0.29, 0.717) is 12.4 Å². The van der Waals surface area contributed by atoms with Crippen molar-refractivity contribution in [1.29, 1.82) is 0 Å². The lowest BCUT2D eigenvalue weighted by atomic mass is 9.93. The predicted octanol–water partition coefficient (Wildman–Crippen LogP) is 1.61. The van der Waals surface area contributed by atoms with Crippen LogP contribution in [-0.2, 0) is 11.3 Å². The largest absolute Gasteiger partial charge is 0.440 e. The lowest BCUT2D eigenvalue weighted by molar-refractivity contribution is -0.0111. The van der Waals surface area contributed by atoms with Crippen molar-refractivity contribution in [1.82, 2.24) is 25.2 Å². The molecular weight excluding hydrogens is 306 g/mol. The predicted molar refractivity (Wildman–Crippen MR) is 87.0 cm³/mol. The van der Waals surface area contributed by atoms with Gasteiger partial charge in [-0.15, -0.1) is 0 Å². The van der Waals surface area contributed by atoms with Gasteiger partial charge in [0.2, 0.25) is 0 Å². The number of nitrogens with one attached hydrogen (secondary N) is 1. The Bertz CT molecular complexity index is 722. The van der Waals surface area contributed by atoms with Gasteiger partial charge in [0.15, 0.2) is 5.82 Å². The van der Waals surface area contributed by atoms with Crippen LogP contribution in [-0.4, -0.2) is 51.2 Å². The minimum Gasteiger partial charge on any atom is -0.440 e. The SMILES string of the molecule is O=C1NC[C@@]2(CCCN(Cc3cnc(-c4ccccn4)nc3)C2)O1. The molecule has 0 aromatic carbocycles. The van der Waals surface area contributed by atoms with Gasteiger partial charge >= 0.3 is 6.09 Å². The van der Waals surface area contributed by atoms with Crippen molar-refractivity contribution < 1.29 is 9.53 Å². The molecule has 2 aromatic heterocycles. The van der Waals surface area contributed by atoms with Gasteiger partial charge in [-0.2, -0.15) is 0 Å². The maximum atomic E-state index is 11.4. The van der Waals surface area contributed by atoms with Crippen LogP contribution in [0.3, 0.4) is 0 Å². The minimum atomic E-state index is -0.371. The zero-order valence-corrected chi connectivity index (χ0v) is 13.3. The quantitative estimate of drug-likeness (QED) is 0.923. The number of likely N-dealkylation sites (tertiary alicyclic amines) is 1. The normalized spacial score (nSPS) is 23.9. The van der Waals surface area contributed by atoms with E-state index in [1.807, 2.05) is 30.6 Å². The van der Waals surface area contributed by atoms with E-state index in [1.54, 1.807) is 6.20 Å². The van der Waals surface area contributed by atoms with Crippen molar-refractivity contribution in [3.8, 4) is 11.5 Å². The molecule has 1 N–H and O–H groups in total. The Labute approximate surface area is 140 Å². The molecule has 2 aliphatic heterocycles. The van der Waals surface area contributed by atoms with Gasteiger partial charge in [0.25, 0.3) is 0 Å². The number of carbonyl (C=O) groups is 1. The average Bonchev–Trinajstić information content (AvgIpc) is 2.96. The van der Waals surface area contributed by atoms with Gasteiger partial charge in [0, 0.05) is 37.2 Å². The van der Waals surface area contributed by atoms with Crippen LogP contribution in [0.25, 0.3) is 11.5 Å². The van der Waals surface area contributed by atoms with Crippen molar-refractivity contribution >= 4 is 6.09 Å². The van der Waals surface area contributed by atoms with E-state index in [2.05, 4.69) is 25.2 Å². The van der Waals surface area contributed by atoms with Gasteiger partial charge in [0.05, 0.1) is 6.54 Å². The van der Waals surface area contributed by atoms with Gasteiger partial charge < -0.3 is 10.1 Å². The van der Waals surface area contributed by atoms with E-state index in [-0.39, 0.29) is 11.7 Å². The molecule has 2 saturated heterocycles. The van der Waals surface area contributed by atoms with E-state index in [0.717, 1.165) is 43.7 Å². The topological polar surface area (TPSA) is 80.2 Å². The molecule has 1 atom stereocenters. The molecule has 7 heteroatoms. The number of nitrogens with zero attached hydrogens (tertiary/aromatic N) is 4. The summed E-state index contributed by atoms with van der Waals surface area (Å²) in [5.41, 5.74) is 1.44. The Morgan fingerprint density at radius 1 is 1.25 bits per heavy atom. The van der Waals surface area contributed by atoms with Gasteiger partial charge in [-0.1, -0.05) is 6.07 Å². The second-order valence-electron chi connectivity index (χ2n) is 6.37. The Morgan fingerprint density at radius 3 is 2.83 bits per heavy atom. The molecule has 7 nitrogen and oxygen atoms in total. The first-order valence-corrected chi connectivity index (χ1v) is 8.14. The summed E-state index contributed by atoms with van der Waals surface area (Å²) in [6.07, 6.45) is 7.05. The van der Waals surface area contributed by atoms with Crippen LogP contribution in [0, 0.1) is 0 Å². The zero-order chi connectivity index (χ0) is 16.4. The molecule has 2 aromatic rings. The molecular formula is C17H19N5O2. The lowest BCUT2D eigenvalue weighted by Crippen LogP contribution is -2.50. The standard InChI is InChI=1S/C17H19N5O2/c23-16-21-11-17(24-16)5-3-7-22(12-17)10-13-8-19-15(20-9-13)14-4-1-2-6-18-14/h1-2,4,6,8-9H,3,5,7,10-12H2,(H,21,23)/t17-/m1/s1. The summed E-state index contributed by atoms with van der Waals surface area (Å²) >= 11 is 0. The highest BCUT2D eigenvalue weighted by Crippen LogP contribution is 2.28. The first-order chi connectivity index (χ1) is 11.7. The number of piperidine rings is 1. The molecule has 124 valence electrons. The fourth-order valence-corrected chi connectivity index (χ4v) is 3.38. The number of carbonyl (C=O) groups excluding carboxylic acids is 1. The molecule has 0 unspecified atom stereocenters. The van der Waals surface area contributed by atoms with Crippen LogP contribution in [0.2, 0.25) is 0 Å². The van der Waals surface area contributed by atoms with E-state index in [1.165, 1.54) is 0 Å². The number of rotatable bonds is 3. The van der Waals surface area contributed by atoms with Crippen molar-refractivity contribution in [2.24, 2.45) is 0 Å². The number of aromatic nitrogens is 3.